The molecule has 2 aliphatic heterocycles. The van der Waals surface area contributed by atoms with Gasteiger partial charge in [0, 0.05) is 38.4 Å². The Kier molecular flexibility index (Phi) is 16.9. The van der Waals surface area contributed by atoms with Gasteiger partial charge in [0.25, 0.3) is 0 Å². The summed E-state index contributed by atoms with van der Waals surface area (Å²) in [4.78, 5) is 28.3. The van der Waals surface area contributed by atoms with Crippen molar-refractivity contribution in [1.82, 2.24) is 5.32 Å². The summed E-state index contributed by atoms with van der Waals surface area (Å²) in [5.41, 5.74) is 3.49. The van der Waals surface area contributed by atoms with Gasteiger partial charge in [0.1, 0.15) is 12.2 Å². The van der Waals surface area contributed by atoms with Gasteiger partial charge in [0.05, 0.1) is 19.3 Å². The second-order valence-electron chi connectivity index (χ2n) is 16.2. The average molecular weight is 826 g/mol. The van der Waals surface area contributed by atoms with Gasteiger partial charge in [-0.05, 0) is 116 Å². The van der Waals surface area contributed by atoms with Crippen LogP contribution in [0.5, 0.6) is 11.5 Å². The Morgan fingerprint density at radius 2 is 1.86 bits per heavy atom. The molecule has 1 saturated heterocycles. The second kappa shape index (κ2) is 21.6. The number of ether oxygens (including phenoxy) is 4. The number of aliphatic hydroxyl groups excluding tert-OH is 5. The molecule has 10 atom stereocenters. The first-order valence-electron chi connectivity index (χ1n) is 21.0. The molecule has 0 amide bonds. The number of aromatic hydroxyl groups is 1. The molecule has 2 aromatic rings. The molecule has 14 nitrogen and oxygen atoms in total. The van der Waals surface area contributed by atoms with Crippen LogP contribution in [0.15, 0.2) is 54.1 Å². The maximum Gasteiger partial charge on any atom is 0.334 e. The number of nitrogens with one attached hydrogen (secondary N) is 1. The van der Waals surface area contributed by atoms with Crippen LogP contribution in [0.3, 0.4) is 0 Å². The predicted molar refractivity (Wildman–Crippen MR) is 218 cm³/mol. The fourth-order valence-corrected chi connectivity index (χ4v) is 8.66. The van der Waals surface area contributed by atoms with Gasteiger partial charge in [-0.2, -0.15) is 0 Å². The quantitative estimate of drug-likeness (QED) is 0.0515. The zero-order chi connectivity index (χ0) is 42.7. The van der Waals surface area contributed by atoms with Crippen molar-refractivity contribution in [3.63, 3.8) is 0 Å². The van der Waals surface area contributed by atoms with E-state index in [2.05, 4.69) is 5.32 Å². The Morgan fingerprint density at radius 1 is 1.07 bits per heavy atom. The Labute approximate surface area is 346 Å². The monoisotopic (exact) mass is 825 g/mol. The molecule has 8 N–H and O–H groups in total. The van der Waals surface area contributed by atoms with Crippen molar-refractivity contribution in [3.05, 3.63) is 76.4 Å². The fourth-order valence-electron chi connectivity index (χ4n) is 8.66. The molecule has 59 heavy (non-hydrogen) atoms. The lowest BCUT2D eigenvalue weighted by atomic mass is 9.72. The topological polar surface area (TPSA) is 225 Å². The molecule has 1 aliphatic carbocycles. The number of methoxy groups -OCH3 is 1. The molecule has 0 radical (unpaired) electrons. The number of aryl methyl sites for hydroxylation is 1. The number of carbonyl (C=O) groups excluding carboxylic acids is 2. The lowest BCUT2D eigenvalue weighted by molar-refractivity contribution is -0.333. The highest BCUT2D eigenvalue weighted by atomic mass is 16.7. The van der Waals surface area contributed by atoms with Gasteiger partial charge >= 0.3 is 11.9 Å². The van der Waals surface area contributed by atoms with E-state index in [-0.39, 0.29) is 74.0 Å². The number of phenols is 1. The highest BCUT2D eigenvalue weighted by Crippen LogP contribution is 2.43. The molecule has 326 valence electrons. The van der Waals surface area contributed by atoms with Crippen LogP contribution in [-0.2, 0) is 36.6 Å². The summed E-state index contributed by atoms with van der Waals surface area (Å²) >= 11 is 0. The molecule has 1 fully saturated rings. The van der Waals surface area contributed by atoms with E-state index < -0.39 is 54.3 Å². The van der Waals surface area contributed by atoms with E-state index in [4.69, 9.17) is 18.9 Å². The average Bonchev–Trinajstić information content (AvgIpc) is 3.22. The molecule has 0 spiro atoms. The van der Waals surface area contributed by atoms with Gasteiger partial charge in [-0.15, -0.1) is 0 Å². The van der Waals surface area contributed by atoms with E-state index in [9.17, 15) is 45.3 Å². The molecule has 3 aliphatic rings. The van der Waals surface area contributed by atoms with Crippen LogP contribution in [0, 0.1) is 11.8 Å². The molecule has 14 heteroatoms. The van der Waals surface area contributed by atoms with E-state index in [1.807, 2.05) is 25.1 Å². The lowest BCUT2D eigenvalue weighted by Gasteiger charge is -2.51. The van der Waals surface area contributed by atoms with Crippen LogP contribution in [-0.4, -0.2) is 124 Å². The summed E-state index contributed by atoms with van der Waals surface area (Å²) in [6.07, 6.45) is 3.02. The third-order valence-corrected chi connectivity index (χ3v) is 11.8. The molecule has 2 bridgehead atoms. The summed E-state index contributed by atoms with van der Waals surface area (Å²) in [7, 11) is 1.40. The summed E-state index contributed by atoms with van der Waals surface area (Å²) in [6, 6.07) is 9.83. The van der Waals surface area contributed by atoms with Crippen LogP contribution < -0.4 is 10.1 Å². The number of phenolic OH excluding ortho intramolecular Hbond substituents is 1. The number of benzene rings is 2. The third kappa shape index (κ3) is 11.7. The minimum absolute atomic E-state index is 0.0147. The first kappa shape index (κ1) is 46.2. The number of hydrogen-bond donors (Lipinski definition) is 8. The summed E-state index contributed by atoms with van der Waals surface area (Å²) in [6.45, 7) is 3.60. The van der Waals surface area contributed by atoms with Crippen molar-refractivity contribution in [2.75, 3.05) is 33.5 Å². The Bertz CT molecular complexity index is 1760. The molecule has 0 saturated carbocycles. The zero-order valence-corrected chi connectivity index (χ0v) is 34.4. The predicted octanol–water partition coefficient (Wildman–Crippen LogP) is 3.20. The Morgan fingerprint density at radius 3 is 2.56 bits per heavy atom. The van der Waals surface area contributed by atoms with Crippen LogP contribution in [0.2, 0.25) is 0 Å². The van der Waals surface area contributed by atoms with Crippen LogP contribution in [0.4, 0.5) is 0 Å². The Balaban J connectivity index is 1.52. The molecular formula is C45H63NO13. The van der Waals surface area contributed by atoms with Gasteiger partial charge in [-0.3, -0.25) is 4.79 Å². The fraction of sp³-hybridized carbons (Fsp3) is 0.600. The van der Waals surface area contributed by atoms with Crippen molar-refractivity contribution >= 4 is 18.0 Å². The molecule has 0 aromatic heterocycles. The van der Waals surface area contributed by atoms with Crippen LogP contribution >= 0.6 is 0 Å². The first-order chi connectivity index (χ1) is 28.3. The zero-order valence-electron chi connectivity index (χ0n) is 34.4. The van der Waals surface area contributed by atoms with Crippen molar-refractivity contribution in [2.45, 2.75) is 126 Å². The number of aliphatic hydroxyl groups is 6. The van der Waals surface area contributed by atoms with E-state index in [0.717, 1.165) is 36.0 Å². The SMILES string of the molecule is CCC[C@H](CCCO)CCC(=O)O[C@H]1[C@@H](O)[C@@H]2O[C@](O)(C=C[C@@H]2NC[C@H](C)O)[C@@H]1OC(=O)C(=Cc1ccc(O)c(OC)c1)C[C@H]1c2cc(CCO)ccc2CC[C@H]1CO. The molecule has 2 heterocycles. The Hall–Kier alpha value is -3.86. The number of carbonyl (C=O) groups is 2. The summed E-state index contributed by atoms with van der Waals surface area (Å²) < 4.78 is 23.5. The minimum Gasteiger partial charge on any atom is -0.504 e. The highest BCUT2D eigenvalue weighted by Gasteiger charge is 2.60. The standard InChI is InChI=1S/C45H63NO13/c1-4-6-28(7-5-19-47)10-15-39(52)57-42-40(53)41-36(46-25-27(2)50)16-18-45(55,59-41)43(42)58-44(54)33(21-30-9-14-37(51)38(23-30)56-3)24-35-32(26-49)13-12-31-11-8-29(17-20-48)22-34(31)35/h8-9,11,14,16,18,21-23,27-28,32,35-36,40-43,46-51,53,55H,4-7,10,12-13,15,17,19-20,24-26H2,1-3H3/t27-,28+,32-,35+,36-,40-,41+,42-,43+,45+/m0/s1. The van der Waals surface area contributed by atoms with E-state index in [0.29, 0.717) is 37.7 Å². The molecule has 5 rings (SSSR count). The van der Waals surface area contributed by atoms with Crippen molar-refractivity contribution in [3.8, 4) is 11.5 Å². The van der Waals surface area contributed by atoms with Gasteiger partial charge in [-0.25, -0.2) is 4.79 Å². The molecule has 0 unspecified atom stereocenters. The lowest BCUT2D eigenvalue weighted by Crippen LogP contribution is -2.71. The van der Waals surface area contributed by atoms with Gasteiger partial charge in [0.15, 0.2) is 23.7 Å². The van der Waals surface area contributed by atoms with Crippen molar-refractivity contribution in [1.29, 1.82) is 0 Å². The van der Waals surface area contributed by atoms with Crippen molar-refractivity contribution in [2.24, 2.45) is 11.8 Å². The number of esters is 2. The number of rotatable bonds is 21. The second-order valence-corrected chi connectivity index (χ2v) is 16.2. The maximum atomic E-state index is 14.7. The molecule has 2 aromatic carbocycles. The normalized spacial score (nSPS) is 27.4. The first-order valence-corrected chi connectivity index (χ1v) is 21.0. The number of fused-ring (bicyclic) bond motifs is 3. The van der Waals surface area contributed by atoms with E-state index in [1.165, 1.54) is 19.3 Å². The summed E-state index contributed by atoms with van der Waals surface area (Å²) in [5.74, 6) is -4.31. The largest absolute Gasteiger partial charge is 0.504 e. The van der Waals surface area contributed by atoms with Gasteiger partial charge in [-0.1, -0.05) is 50.1 Å². The van der Waals surface area contributed by atoms with Crippen molar-refractivity contribution < 1.29 is 64.3 Å². The highest BCUT2D eigenvalue weighted by molar-refractivity contribution is 5.94. The van der Waals surface area contributed by atoms with Gasteiger partial charge in [0.2, 0.25) is 5.79 Å². The molecular weight excluding hydrogens is 762 g/mol. The minimum atomic E-state index is -2.34. The van der Waals surface area contributed by atoms with E-state index in [1.54, 1.807) is 31.2 Å². The van der Waals surface area contributed by atoms with Crippen LogP contribution in [0.25, 0.3) is 6.08 Å². The smallest absolute Gasteiger partial charge is 0.334 e. The van der Waals surface area contributed by atoms with E-state index >= 15 is 0 Å². The maximum absolute atomic E-state index is 14.7. The number of hydrogen-bond acceptors (Lipinski definition) is 14. The van der Waals surface area contributed by atoms with Crippen LogP contribution in [0.1, 0.15) is 93.4 Å². The third-order valence-electron chi connectivity index (χ3n) is 11.8. The summed E-state index contributed by atoms with van der Waals surface area (Å²) in [5, 5.41) is 76.9. The van der Waals surface area contributed by atoms with Gasteiger partial charge < -0.3 is 60.0 Å².